The van der Waals surface area contributed by atoms with E-state index in [2.05, 4.69) is 9.97 Å². The number of hydrogen-bond donors (Lipinski definition) is 2. The molecule has 9 nitrogen and oxygen atoms in total. The molecule has 0 fully saturated rings. The van der Waals surface area contributed by atoms with Crippen LogP contribution in [0.3, 0.4) is 0 Å². The van der Waals surface area contributed by atoms with Crippen molar-refractivity contribution in [2.75, 3.05) is 5.73 Å². The Bertz CT molecular complexity index is 789. The van der Waals surface area contributed by atoms with Crippen molar-refractivity contribution in [3.05, 3.63) is 57.5 Å². The number of nitrogens with zero attached hydrogens (tertiary/aromatic N) is 3. The fourth-order valence-electron chi connectivity index (χ4n) is 2.02. The van der Waals surface area contributed by atoms with Crippen LogP contribution in [-0.2, 0) is 28.9 Å². The van der Waals surface area contributed by atoms with E-state index in [0.29, 0.717) is 24.1 Å². The van der Waals surface area contributed by atoms with E-state index in [0.717, 1.165) is 5.56 Å². The summed E-state index contributed by atoms with van der Waals surface area (Å²) in [5, 5.41) is 19.4. The Morgan fingerprint density at radius 2 is 1.83 bits per heavy atom. The molecule has 3 N–H and O–H groups in total. The second kappa shape index (κ2) is 7.27. The second-order valence-corrected chi connectivity index (χ2v) is 5.07. The number of nitrogens with two attached hydrogens (primary N) is 1. The summed E-state index contributed by atoms with van der Waals surface area (Å²) in [6.45, 7) is 0. The minimum absolute atomic E-state index is 0.127. The maximum atomic E-state index is 11.1. The van der Waals surface area contributed by atoms with Crippen LogP contribution in [0, 0.1) is 10.1 Å². The normalized spacial score (nSPS) is 10.3. The van der Waals surface area contributed by atoms with Crippen molar-refractivity contribution in [2.24, 2.45) is 0 Å². The Kier molecular flexibility index (Phi) is 5.15. The van der Waals surface area contributed by atoms with Gasteiger partial charge >= 0.3 is 11.7 Å². The molecule has 0 amide bonds. The minimum atomic E-state index is -1.49. The summed E-state index contributed by atoms with van der Waals surface area (Å²) in [7, 11) is 0. The molecular weight excluding hydrogens is 316 g/mol. The van der Waals surface area contributed by atoms with E-state index < -0.39 is 16.7 Å². The van der Waals surface area contributed by atoms with E-state index in [-0.39, 0.29) is 17.9 Å². The van der Waals surface area contributed by atoms with Crippen molar-refractivity contribution in [3.63, 3.8) is 0 Å². The lowest BCUT2D eigenvalue weighted by atomic mass is 10.1. The number of nitrogen functional groups attached to an aromatic ring is 1. The van der Waals surface area contributed by atoms with Gasteiger partial charge in [0.1, 0.15) is 0 Å². The van der Waals surface area contributed by atoms with Gasteiger partial charge in [0.25, 0.3) is 0 Å². The molecule has 0 spiro atoms. The number of ketones is 1. The van der Waals surface area contributed by atoms with Crippen LogP contribution in [0.2, 0.25) is 0 Å². The van der Waals surface area contributed by atoms with E-state index >= 15 is 0 Å². The fraction of sp³-hybridized carbons (Fsp3) is 0.200. The average molecular weight is 330 g/mol. The van der Waals surface area contributed by atoms with Gasteiger partial charge < -0.3 is 10.8 Å². The number of Topliss-reactive ketones (excluding diaryl/α,β-unsaturated/α-hetero) is 1. The Morgan fingerprint density at radius 1 is 1.17 bits per heavy atom. The molecule has 24 heavy (non-hydrogen) atoms. The summed E-state index contributed by atoms with van der Waals surface area (Å²) >= 11 is 0. The maximum absolute atomic E-state index is 11.1. The molecule has 0 radical (unpaired) electrons. The number of aryl methyl sites for hydroxylation is 2. The van der Waals surface area contributed by atoms with Crippen molar-refractivity contribution in [2.45, 2.75) is 19.3 Å². The predicted molar refractivity (Wildman–Crippen MR) is 83.3 cm³/mol. The first-order valence-corrected chi connectivity index (χ1v) is 6.95. The molecule has 0 unspecified atom stereocenters. The Hall–Kier alpha value is -3.36. The van der Waals surface area contributed by atoms with Crippen molar-refractivity contribution in [1.29, 1.82) is 0 Å². The quantitative estimate of drug-likeness (QED) is 0.433. The zero-order valence-electron chi connectivity index (χ0n) is 12.5. The molecule has 0 atom stereocenters. The summed E-state index contributed by atoms with van der Waals surface area (Å²) in [5.41, 5.74) is 7.10. The number of carbonyl (C=O) groups is 2. The van der Waals surface area contributed by atoms with Gasteiger partial charge in [0.05, 0.1) is 11.3 Å². The third-order valence-electron chi connectivity index (χ3n) is 3.32. The van der Waals surface area contributed by atoms with E-state index in [4.69, 9.17) is 10.8 Å². The highest BCUT2D eigenvalue weighted by atomic mass is 16.6. The number of carboxylic acid groups (broad SMARTS) is 1. The van der Waals surface area contributed by atoms with Gasteiger partial charge in [0, 0.05) is 24.2 Å². The number of anilines is 1. The number of rotatable bonds is 7. The summed E-state index contributed by atoms with van der Waals surface area (Å²) < 4.78 is 0. The first kappa shape index (κ1) is 17.0. The molecule has 2 rings (SSSR count). The average Bonchev–Trinajstić information content (AvgIpc) is 2.55. The zero-order chi connectivity index (χ0) is 17.7. The molecular formula is C15H14N4O5. The topological polar surface area (TPSA) is 149 Å². The summed E-state index contributed by atoms with van der Waals surface area (Å²) in [6.07, 6.45) is 3.83. The molecule has 0 aliphatic carbocycles. The van der Waals surface area contributed by atoms with Gasteiger partial charge in [-0.2, -0.15) is 0 Å². The van der Waals surface area contributed by atoms with Gasteiger partial charge in [0.2, 0.25) is 11.6 Å². The van der Waals surface area contributed by atoms with Crippen LogP contribution in [0.5, 0.6) is 0 Å². The lowest BCUT2D eigenvalue weighted by Gasteiger charge is -2.04. The SMILES string of the molecule is Nc1ncc(CCc2ccc(CC(=O)C(=O)O)nc2)cc1[N+](=O)[O-]. The highest BCUT2D eigenvalue weighted by Gasteiger charge is 2.14. The van der Waals surface area contributed by atoms with Crippen LogP contribution >= 0.6 is 0 Å². The van der Waals surface area contributed by atoms with Crippen LogP contribution in [0.1, 0.15) is 16.8 Å². The summed E-state index contributed by atoms with van der Waals surface area (Å²) in [6, 6.07) is 4.70. The number of hydrogen-bond acceptors (Lipinski definition) is 7. The first-order valence-electron chi connectivity index (χ1n) is 6.95. The molecule has 2 aromatic rings. The van der Waals surface area contributed by atoms with Crippen molar-refractivity contribution in [1.82, 2.24) is 9.97 Å². The van der Waals surface area contributed by atoms with Gasteiger partial charge in [0.15, 0.2) is 0 Å². The lowest BCUT2D eigenvalue weighted by Crippen LogP contribution is -2.15. The van der Waals surface area contributed by atoms with E-state index in [9.17, 15) is 19.7 Å². The van der Waals surface area contributed by atoms with Crippen LogP contribution in [0.4, 0.5) is 11.5 Å². The van der Waals surface area contributed by atoms with Gasteiger partial charge in [-0.15, -0.1) is 0 Å². The van der Waals surface area contributed by atoms with E-state index in [1.54, 1.807) is 18.3 Å². The largest absolute Gasteiger partial charge is 0.475 e. The van der Waals surface area contributed by atoms with Crippen LogP contribution in [0.25, 0.3) is 0 Å². The first-order chi connectivity index (χ1) is 11.4. The molecule has 9 heteroatoms. The van der Waals surface area contributed by atoms with Crippen LogP contribution in [-0.4, -0.2) is 31.8 Å². The fourth-order valence-corrected chi connectivity index (χ4v) is 2.02. The minimum Gasteiger partial charge on any atom is -0.475 e. The Morgan fingerprint density at radius 3 is 2.42 bits per heavy atom. The summed E-state index contributed by atoms with van der Waals surface area (Å²) in [5.74, 6) is -2.54. The second-order valence-electron chi connectivity index (χ2n) is 5.07. The van der Waals surface area contributed by atoms with E-state index in [1.165, 1.54) is 12.3 Å². The lowest BCUT2D eigenvalue weighted by molar-refractivity contribution is -0.384. The van der Waals surface area contributed by atoms with Gasteiger partial charge in [-0.05, 0) is 30.0 Å². The van der Waals surface area contributed by atoms with Crippen molar-refractivity contribution < 1.29 is 19.6 Å². The molecule has 0 saturated carbocycles. The van der Waals surface area contributed by atoms with Crippen molar-refractivity contribution in [3.8, 4) is 0 Å². The van der Waals surface area contributed by atoms with Gasteiger partial charge in [-0.3, -0.25) is 19.9 Å². The number of nitro groups is 1. The van der Waals surface area contributed by atoms with Gasteiger partial charge in [-0.1, -0.05) is 6.07 Å². The number of carboxylic acids is 1. The number of pyridine rings is 2. The third kappa shape index (κ3) is 4.32. The maximum Gasteiger partial charge on any atom is 0.372 e. The molecule has 2 heterocycles. The molecule has 2 aromatic heterocycles. The van der Waals surface area contributed by atoms with Crippen LogP contribution in [0.15, 0.2) is 30.6 Å². The monoisotopic (exact) mass is 330 g/mol. The zero-order valence-corrected chi connectivity index (χ0v) is 12.5. The highest BCUT2D eigenvalue weighted by Crippen LogP contribution is 2.20. The highest BCUT2D eigenvalue weighted by molar-refractivity contribution is 6.33. The van der Waals surface area contributed by atoms with E-state index in [1.807, 2.05) is 0 Å². The molecule has 0 aliphatic rings. The molecule has 0 aliphatic heterocycles. The molecule has 0 saturated heterocycles. The number of carbonyl (C=O) groups excluding carboxylic acids is 1. The number of aliphatic carboxylic acids is 1. The van der Waals surface area contributed by atoms with Crippen LogP contribution < -0.4 is 5.73 Å². The summed E-state index contributed by atoms with van der Waals surface area (Å²) in [4.78, 5) is 39.7. The number of aromatic nitrogens is 2. The predicted octanol–water partition coefficient (Wildman–Crippen LogP) is 0.948. The Balaban J connectivity index is 2.00. The third-order valence-corrected chi connectivity index (χ3v) is 3.32. The molecule has 124 valence electrons. The van der Waals surface area contributed by atoms with Gasteiger partial charge in [-0.25, -0.2) is 9.78 Å². The van der Waals surface area contributed by atoms with Crippen molar-refractivity contribution >= 4 is 23.3 Å². The molecule has 0 aromatic carbocycles. The molecule has 0 bridgehead atoms. The Labute approximate surface area is 136 Å². The smallest absolute Gasteiger partial charge is 0.372 e. The standard InChI is InChI=1S/C15H14N4O5/c16-14-12(19(23)24)5-10(8-18-14)2-1-9-3-4-11(17-7-9)6-13(20)15(21)22/h3-5,7-8H,1-2,6H2,(H2,16,18)(H,21,22).